The van der Waals surface area contributed by atoms with Gasteiger partial charge in [-0.2, -0.15) is 0 Å². The number of benzene rings is 1. The van der Waals surface area contributed by atoms with Crippen LogP contribution in [0.5, 0.6) is 0 Å². The van der Waals surface area contributed by atoms with Crippen molar-refractivity contribution < 1.29 is 13.6 Å². The Morgan fingerprint density at radius 2 is 2.04 bits per heavy atom. The van der Waals surface area contributed by atoms with Crippen LogP contribution in [0.4, 0.5) is 4.39 Å². The summed E-state index contributed by atoms with van der Waals surface area (Å²) >= 11 is 0. The summed E-state index contributed by atoms with van der Waals surface area (Å²) in [5, 5.41) is 2.90. The fraction of sp³-hybridized carbons (Fsp3) is 0.421. The van der Waals surface area contributed by atoms with E-state index >= 15 is 0 Å². The third-order valence-electron chi connectivity index (χ3n) is 4.60. The van der Waals surface area contributed by atoms with Crippen molar-refractivity contribution in [3.8, 4) is 11.3 Å². The molecule has 0 bridgehead atoms. The van der Waals surface area contributed by atoms with E-state index in [-0.39, 0.29) is 11.7 Å². The maximum absolute atomic E-state index is 13.0. The minimum absolute atomic E-state index is 0.000798. The first-order valence-corrected chi connectivity index (χ1v) is 8.51. The quantitative estimate of drug-likeness (QED) is 0.873. The topological polar surface area (TPSA) is 48.7 Å². The van der Waals surface area contributed by atoms with Crippen LogP contribution in [0.3, 0.4) is 0 Å². The van der Waals surface area contributed by atoms with Crippen LogP contribution in [-0.2, 0) is 11.3 Å². The Morgan fingerprint density at radius 3 is 2.72 bits per heavy atom. The SMILES string of the molecule is CN(C)[C@@H]1CCN(CC(=O)NCc2ccc(-c3ccc(F)cc3)o2)C1. The van der Waals surface area contributed by atoms with Crippen LogP contribution in [0, 0.1) is 5.82 Å². The number of rotatable bonds is 6. The number of furan rings is 1. The maximum atomic E-state index is 13.0. The normalized spacial score (nSPS) is 18.0. The van der Waals surface area contributed by atoms with Crippen LogP contribution in [0.25, 0.3) is 11.3 Å². The molecule has 1 aromatic heterocycles. The summed E-state index contributed by atoms with van der Waals surface area (Å²) in [6.07, 6.45) is 1.10. The molecule has 3 rings (SSSR count). The lowest BCUT2D eigenvalue weighted by atomic mass is 10.2. The Labute approximate surface area is 147 Å². The smallest absolute Gasteiger partial charge is 0.234 e. The number of likely N-dealkylation sites (tertiary alicyclic amines) is 1. The summed E-state index contributed by atoms with van der Waals surface area (Å²) in [5.74, 6) is 1.07. The van der Waals surface area contributed by atoms with Crippen LogP contribution < -0.4 is 5.32 Å². The molecule has 1 N–H and O–H groups in total. The van der Waals surface area contributed by atoms with E-state index in [1.807, 2.05) is 12.1 Å². The highest BCUT2D eigenvalue weighted by molar-refractivity contribution is 5.78. The van der Waals surface area contributed by atoms with Gasteiger partial charge in [-0.1, -0.05) is 0 Å². The number of halogens is 1. The predicted octanol–water partition coefficient (Wildman–Crippen LogP) is 2.34. The zero-order chi connectivity index (χ0) is 17.8. The molecule has 1 amide bonds. The van der Waals surface area contributed by atoms with Gasteiger partial charge < -0.3 is 14.6 Å². The lowest BCUT2D eigenvalue weighted by molar-refractivity contribution is -0.122. The van der Waals surface area contributed by atoms with E-state index in [2.05, 4.69) is 29.2 Å². The number of hydrogen-bond donors (Lipinski definition) is 1. The number of amides is 1. The summed E-state index contributed by atoms with van der Waals surface area (Å²) in [7, 11) is 4.15. The van der Waals surface area contributed by atoms with E-state index in [4.69, 9.17) is 4.42 Å². The third-order valence-corrected chi connectivity index (χ3v) is 4.60. The summed E-state index contributed by atoms with van der Waals surface area (Å²) in [6.45, 7) is 2.64. The van der Waals surface area contributed by atoms with E-state index in [1.54, 1.807) is 12.1 Å². The Kier molecular flexibility index (Phi) is 5.50. The van der Waals surface area contributed by atoms with Gasteiger partial charge in [0, 0.05) is 24.7 Å². The van der Waals surface area contributed by atoms with E-state index in [1.165, 1.54) is 12.1 Å². The van der Waals surface area contributed by atoms with Crippen molar-refractivity contribution in [2.45, 2.75) is 19.0 Å². The third kappa shape index (κ3) is 4.67. The first-order chi connectivity index (χ1) is 12.0. The summed E-state index contributed by atoms with van der Waals surface area (Å²) in [6, 6.07) is 10.3. The van der Waals surface area contributed by atoms with Gasteiger partial charge in [-0.3, -0.25) is 9.69 Å². The first-order valence-electron chi connectivity index (χ1n) is 8.51. The van der Waals surface area contributed by atoms with Crippen LogP contribution in [-0.4, -0.2) is 55.5 Å². The van der Waals surface area contributed by atoms with Gasteiger partial charge in [0.05, 0.1) is 13.1 Å². The molecule has 2 aromatic rings. The Bertz CT molecular complexity index is 712. The van der Waals surface area contributed by atoms with Crippen molar-refractivity contribution in [2.75, 3.05) is 33.7 Å². The molecule has 6 heteroatoms. The van der Waals surface area contributed by atoms with Gasteiger partial charge in [0.25, 0.3) is 0 Å². The minimum Gasteiger partial charge on any atom is -0.459 e. The molecule has 1 aliphatic rings. The Balaban J connectivity index is 1.47. The highest BCUT2D eigenvalue weighted by atomic mass is 19.1. The van der Waals surface area contributed by atoms with Crippen molar-refractivity contribution in [1.29, 1.82) is 0 Å². The van der Waals surface area contributed by atoms with Crippen LogP contribution in [0.2, 0.25) is 0 Å². The minimum atomic E-state index is -0.277. The molecule has 25 heavy (non-hydrogen) atoms. The number of nitrogens with one attached hydrogen (secondary N) is 1. The van der Waals surface area contributed by atoms with Crippen molar-refractivity contribution >= 4 is 5.91 Å². The van der Waals surface area contributed by atoms with Crippen LogP contribution in [0.1, 0.15) is 12.2 Å². The maximum Gasteiger partial charge on any atom is 0.234 e. The summed E-state index contributed by atoms with van der Waals surface area (Å²) in [5.41, 5.74) is 0.811. The summed E-state index contributed by atoms with van der Waals surface area (Å²) in [4.78, 5) is 16.5. The zero-order valence-electron chi connectivity index (χ0n) is 14.7. The molecule has 0 unspecified atom stereocenters. The Hall–Kier alpha value is -2.18. The first kappa shape index (κ1) is 17.6. The number of carbonyl (C=O) groups excluding carboxylic acids is 1. The summed E-state index contributed by atoms with van der Waals surface area (Å²) < 4.78 is 18.7. The van der Waals surface area contributed by atoms with Crippen molar-refractivity contribution in [3.63, 3.8) is 0 Å². The molecule has 1 atom stereocenters. The van der Waals surface area contributed by atoms with Gasteiger partial charge in [-0.05, 0) is 56.9 Å². The molecule has 1 aliphatic heterocycles. The van der Waals surface area contributed by atoms with Crippen molar-refractivity contribution in [3.05, 3.63) is 48.0 Å². The van der Waals surface area contributed by atoms with Gasteiger partial charge >= 0.3 is 0 Å². The van der Waals surface area contributed by atoms with Crippen LogP contribution in [0.15, 0.2) is 40.8 Å². The number of carbonyl (C=O) groups is 1. The number of likely N-dealkylation sites (N-methyl/N-ethyl adjacent to an activating group) is 1. The lowest BCUT2D eigenvalue weighted by Gasteiger charge is -2.19. The molecule has 1 fully saturated rings. The van der Waals surface area contributed by atoms with Crippen molar-refractivity contribution in [1.82, 2.24) is 15.1 Å². The predicted molar refractivity (Wildman–Crippen MR) is 94.5 cm³/mol. The standard InChI is InChI=1S/C19H24FN3O2/c1-22(2)16-9-10-23(12-16)13-19(24)21-11-17-7-8-18(25-17)14-3-5-15(20)6-4-14/h3-8,16H,9-13H2,1-2H3,(H,21,24)/t16-/m1/s1. The van der Waals surface area contributed by atoms with E-state index in [9.17, 15) is 9.18 Å². The zero-order valence-corrected chi connectivity index (χ0v) is 14.7. The molecule has 5 nitrogen and oxygen atoms in total. The fourth-order valence-corrected chi connectivity index (χ4v) is 3.06. The average molecular weight is 345 g/mol. The van der Waals surface area contributed by atoms with Gasteiger partial charge in [0.2, 0.25) is 5.91 Å². The molecule has 0 spiro atoms. The fourth-order valence-electron chi connectivity index (χ4n) is 3.06. The molecular formula is C19H24FN3O2. The highest BCUT2D eigenvalue weighted by Gasteiger charge is 2.25. The molecule has 0 saturated carbocycles. The van der Waals surface area contributed by atoms with Crippen molar-refractivity contribution in [2.24, 2.45) is 0 Å². The van der Waals surface area contributed by atoms with E-state index < -0.39 is 0 Å². The number of hydrogen-bond acceptors (Lipinski definition) is 4. The van der Waals surface area contributed by atoms with Gasteiger partial charge in [-0.25, -0.2) is 4.39 Å². The van der Waals surface area contributed by atoms with Gasteiger partial charge in [-0.15, -0.1) is 0 Å². The molecule has 1 aromatic carbocycles. The number of nitrogens with zero attached hydrogens (tertiary/aromatic N) is 2. The van der Waals surface area contributed by atoms with E-state index in [0.717, 1.165) is 25.1 Å². The Morgan fingerprint density at radius 1 is 1.28 bits per heavy atom. The molecule has 1 saturated heterocycles. The molecule has 134 valence electrons. The van der Waals surface area contributed by atoms with Gasteiger partial charge in [0.15, 0.2) is 0 Å². The molecule has 0 aliphatic carbocycles. The molecule has 0 radical (unpaired) electrons. The highest BCUT2D eigenvalue weighted by Crippen LogP contribution is 2.22. The lowest BCUT2D eigenvalue weighted by Crippen LogP contribution is -2.38. The molecular weight excluding hydrogens is 321 g/mol. The average Bonchev–Trinajstić information content (AvgIpc) is 3.23. The monoisotopic (exact) mass is 345 g/mol. The second-order valence-corrected chi connectivity index (χ2v) is 6.69. The van der Waals surface area contributed by atoms with E-state index in [0.29, 0.717) is 30.7 Å². The van der Waals surface area contributed by atoms with Gasteiger partial charge in [0.1, 0.15) is 17.3 Å². The second-order valence-electron chi connectivity index (χ2n) is 6.69. The van der Waals surface area contributed by atoms with Crippen LogP contribution >= 0.6 is 0 Å². The largest absolute Gasteiger partial charge is 0.459 e. The molecule has 2 heterocycles. The second kappa shape index (κ2) is 7.80.